The predicted octanol–water partition coefficient (Wildman–Crippen LogP) is 2.53. The number of H-pyrrole nitrogens is 1. The van der Waals surface area contributed by atoms with Crippen LogP contribution in [0.25, 0.3) is 10.9 Å². The number of hydrogen-bond donors (Lipinski definition) is 2. The quantitative estimate of drug-likeness (QED) is 0.329. The molecule has 10 heteroatoms. The van der Waals surface area contributed by atoms with Crippen LogP contribution in [0, 0.1) is 10.1 Å². The summed E-state index contributed by atoms with van der Waals surface area (Å²) in [4.78, 5) is 25.4. The number of hydrogen-bond acceptors (Lipinski definition) is 6. The first-order valence-corrected chi connectivity index (χ1v) is 10.3. The molecule has 0 fully saturated rings. The molecule has 2 N–H and O–H groups in total. The summed E-state index contributed by atoms with van der Waals surface area (Å²) in [6.07, 6.45) is 1.80. The fourth-order valence-corrected chi connectivity index (χ4v) is 4.12. The highest BCUT2D eigenvalue weighted by Gasteiger charge is 2.28. The van der Waals surface area contributed by atoms with Gasteiger partial charge in [0.05, 0.1) is 16.4 Å². The van der Waals surface area contributed by atoms with Crippen LogP contribution in [-0.2, 0) is 26.0 Å². The Balaban J connectivity index is 1.88. The van der Waals surface area contributed by atoms with Crippen molar-refractivity contribution in [2.24, 2.45) is 0 Å². The molecule has 2 aromatic carbocycles. The van der Waals surface area contributed by atoms with Crippen molar-refractivity contribution in [2.75, 3.05) is 6.61 Å². The number of sulfonamides is 1. The summed E-state index contributed by atoms with van der Waals surface area (Å²) in [5.74, 6) is -0.705. The third-order valence-corrected chi connectivity index (χ3v) is 5.81. The first-order chi connectivity index (χ1) is 13.8. The fraction of sp³-hybridized carbons (Fsp3) is 0.211. The highest BCUT2D eigenvalue weighted by Crippen LogP contribution is 2.21. The van der Waals surface area contributed by atoms with Gasteiger partial charge in [-0.15, -0.1) is 0 Å². The normalized spacial score (nSPS) is 12.6. The van der Waals surface area contributed by atoms with Crippen LogP contribution < -0.4 is 4.72 Å². The summed E-state index contributed by atoms with van der Waals surface area (Å²) in [5.41, 5.74) is 1.39. The molecule has 1 aromatic heterocycles. The Kier molecular flexibility index (Phi) is 5.95. The molecule has 0 saturated heterocycles. The second kappa shape index (κ2) is 8.41. The van der Waals surface area contributed by atoms with Gasteiger partial charge in [-0.05, 0) is 30.7 Å². The monoisotopic (exact) mass is 417 g/mol. The van der Waals surface area contributed by atoms with E-state index in [9.17, 15) is 23.3 Å². The van der Waals surface area contributed by atoms with Gasteiger partial charge in [-0.1, -0.05) is 18.2 Å². The number of benzene rings is 2. The second-order valence-electron chi connectivity index (χ2n) is 6.24. The van der Waals surface area contributed by atoms with Crippen LogP contribution in [0.5, 0.6) is 0 Å². The number of aromatic nitrogens is 1. The Morgan fingerprint density at radius 3 is 2.55 bits per heavy atom. The number of non-ortho nitro benzene ring substituents is 1. The average molecular weight is 417 g/mol. The lowest BCUT2D eigenvalue weighted by molar-refractivity contribution is -0.384. The topological polar surface area (TPSA) is 131 Å². The maximum Gasteiger partial charge on any atom is 0.324 e. The van der Waals surface area contributed by atoms with Gasteiger partial charge >= 0.3 is 5.97 Å². The minimum Gasteiger partial charge on any atom is -0.465 e. The summed E-state index contributed by atoms with van der Waals surface area (Å²) < 4.78 is 32.8. The van der Waals surface area contributed by atoms with Gasteiger partial charge in [0.15, 0.2) is 0 Å². The largest absolute Gasteiger partial charge is 0.465 e. The highest BCUT2D eigenvalue weighted by molar-refractivity contribution is 7.89. The Labute approximate surface area is 166 Å². The van der Waals surface area contributed by atoms with Crippen molar-refractivity contribution in [3.63, 3.8) is 0 Å². The van der Waals surface area contributed by atoms with Crippen molar-refractivity contribution in [3.8, 4) is 0 Å². The predicted molar refractivity (Wildman–Crippen MR) is 106 cm³/mol. The van der Waals surface area contributed by atoms with E-state index in [4.69, 9.17) is 4.74 Å². The second-order valence-corrected chi connectivity index (χ2v) is 7.95. The van der Waals surface area contributed by atoms with E-state index in [-0.39, 0.29) is 23.6 Å². The third kappa shape index (κ3) is 4.61. The van der Waals surface area contributed by atoms with Crippen LogP contribution in [0.4, 0.5) is 5.69 Å². The first-order valence-electron chi connectivity index (χ1n) is 8.80. The molecule has 0 aliphatic rings. The van der Waals surface area contributed by atoms with E-state index in [0.717, 1.165) is 40.7 Å². The number of nitrogens with one attached hydrogen (secondary N) is 2. The fourth-order valence-electron chi connectivity index (χ4n) is 2.94. The molecule has 3 aromatic rings. The number of carbonyl (C=O) groups excluding carboxylic acids is 1. The van der Waals surface area contributed by atoms with Crippen molar-refractivity contribution >= 4 is 32.6 Å². The van der Waals surface area contributed by atoms with Gasteiger partial charge < -0.3 is 9.72 Å². The van der Waals surface area contributed by atoms with Gasteiger partial charge in [0, 0.05) is 35.7 Å². The lowest BCUT2D eigenvalue weighted by atomic mass is 10.1. The summed E-state index contributed by atoms with van der Waals surface area (Å²) >= 11 is 0. The number of esters is 1. The maximum atomic E-state index is 12.7. The third-order valence-electron chi connectivity index (χ3n) is 4.33. The van der Waals surface area contributed by atoms with Crippen molar-refractivity contribution in [1.29, 1.82) is 0 Å². The number of nitro benzene ring substituents is 1. The average Bonchev–Trinajstić information content (AvgIpc) is 3.10. The minimum absolute atomic E-state index is 0.0784. The van der Waals surface area contributed by atoms with Crippen molar-refractivity contribution in [1.82, 2.24) is 9.71 Å². The Morgan fingerprint density at radius 2 is 1.90 bits per heavy atom. The van der Waals surface area contributed by atoms with Gasteiger partial charge in [-0.25, -0.2) is 8.42 Å². The molecule has 9 nitrogen and oxygen atoms in total. The zero-order chi connectivity index (χ0) is 21.0. The molecule has 1 atom stereocenters. The van der Waals surface area contributed by atoms with Gasteiger partial charge in [-0.3, -0.25) is 14.9 Å². The first kappa shape index (κ1) is 20.5. The van der Waals surface area contributed by atoms with Crippen LogP contribution >= 0.6 is 0 Å². The Bertz CT molecular complexity index is 1140. The molecule has 0 bridgehead atoms. The van der Waals surface area contributed by atoms with E-state index in [1.165, 1.54) is 0 Å². The number of nitrogens with zero attached hydrogens (tertiary/aromatic N) is 1. The van der Waals surface area contributed by atoms with Crippen LogP contribution in [0.1, 0.15) is 12.5 Å². The van der Waals surface area contributed by atoms with E-state index in [1.54, 1.807) is 13.1 Å². The number of rotatable bonds is 8. The van der Waals surface area contributed by atoms with E-state index in [2.05, 4.69) is 9.71 Å². The zero-order valence-electron chi connectivity index (χ0n) is 15.5. The lowest BCUT2D eigenvalue weighted by Gasteiger charge is -2.17. The van der Waals surface area contributed by atoms with Gasteiger partial charge in [0.1, 0.15) is 6.04 Å². The van der Waals surface area contributed by atoms with E-state index >= 15 is 0 Å². The van der Waals surface area contributed by atoms with Crippen LogP contribution in [-0.4, -0.2) is 36.9 Å². The Morgan fingerprint density at radius 1 is 1.21 bits per heavy atom. The maximum absolute atomic E-state index is 12.7. The summed E-state index contributed by atoms with van der Waals surface area (Å²) in [5, 5.41) is 11.6. The number of carbonyl (C=O) groups is 1. The van der Waals surface area contributed by atoms with Crippen molar-refractivity contribution in [3.05, 3.63) is 70.4 Å². The Hall–Kier alpha value is -3.24. The van der Waals surface area contributed by atoms with Crippen molar-refractivity contribution in [2.45, 2.75) is 24.3 Å². The van der Waals surface area contributed by atoms with Crippen molar-refractivity contribution < 1.29 is 22.9 Å². The summed E-state index contributed by atoms with van der Waals surface area (Å²) in [6, 6.07) is 10.7. The molecular formula is C19H19N3O6S. The molecule has 3 rings (SSSR count). The molecule has 0 aliphatic heterocycles. The SMILES string of the molecule is CCOC(=O)[C@H](Cc1c[nH]c2ccccc12)NS(=O)(=O)c1ccc([N+](=O)[O-])cc1. The number of fused-ring (bicyclic) bond motifs is 1. The van der Waals surface area contributed by atoms with Gasteiger partial charge in [0.2, 0.25) is 10.0 Å². The molecule has 29 heavy (non-hydrogen) atoms. The smallest absolute Gasteiger partial charge is 0.324 e. The molecule has 152 valence electrons. The number of ether oxygens (including phenoxy) is 1. The van der Waals surface area contributed by atoms with Crippen LogP contribution in [0.2, 0.25) is 0 Å². The molecule has 0 aliphatic carbocycles. The number of aromatic amines is 1. The molecule has 0 saturated carbocycles. The molecule has 0 amide bonds. The lowest BCUT2D eigenvalue weighted by Crippen LogP contribution is -2.43. The number of nitro groups is 1. The molecule has 0 spiro atoms. The van der Waals surface area contributed by atoms with Gasteiger partial charge in [-0.2, -0.15) is 4.72 Å². The van der Waals surface area contributed by atoms with E-state index in [0.29, 0.717) is 0 Å². The summed E-state index contributed by atoms with van der Waals surface area (Å²) in [7, 11) is -4.11. The van der Waals surface area contributed by atoms with Crippen LogP contribution in [0.15, 0.2) is 59.6 Å². The molecule has 0 radical (unpaired) electrons. The van der Waals surface area contributed by atoms with Gasteiger partial charge in [0.25, 0.3) is 5.69 Å². The zero-order valence-corrected chi connectivity index (χ0v) is 16.3. The van der Waals surface area contributed by atoms with Crippen LogP contribution in [0.3, 0.4) is 0 Å². The van der Waals surface area contributed by atoms with E-state index in [1.807, 2.05) is 24.3 Å². The minimum atomic E-state index is -4.11. The highest BCUT2D eigenvalue weighted by atomic mass is 32.2. The molecule has 1 heterocycles. The number of para-hydroxylation sites is 1. The summed E-state index contributed by atoms with van der Waals surface area (Å²) in [6.45, 7) is 1.73. The van der Waals surface area contributed by atoms with E-state index < -0.39 is 27.0 Å². The molecule has 0 unspecified atom stereocenters. The molecular weight excluding hydrogens is 398 g/mol. The standard InChI is InChI=1S/C19H19N3O6S/c1-2-28-19(23)18(11-13-12-20-17-6-4-3-5-16(13)17)21-29(26,27)15-9-7-14(8-10-15)22(24)25/h3-10,12,18,20-21H,2,11H2,1H3/t18-/m0/s1.